The topological polar surface area (TPSA) is 63.4 Å². The summed E-state index contributed by atoms with van der Waals surface area (Å²) in [5.74, 6) is 0.844. The average Bonchev–Trinajstić information content (AvgIpc) is 2.49. The van der Waals surface area contributed by atoms with Crippen LogP contribution in [-0.2, 0) is 16.4 Å². The first-order valence-corrected chi connectivity index (χ1v) is 9.44. The molecule has 1 aliphatic heterocycles. The minimum atomic E-state index is -3.07. The van der Waals surface area contributed by atoms with Crippen molar-refractivity contribution in [3.05, 3.63) is 35.9 Å². The zero-order valence-electron chi connectivity index (χ0n) is 12.6. The van der Waals surface area contributed by atoms with Crippen LogP contribution in [0.2, 0.25) is 0 Å². The summed E-state index contributed by atoms with van der Waals surface area (Å²) < 4.78 is 26.1. The molecule has 0 atom stereocenters. The molecule has 1 aromatic rings. The minimum Gasteiger partial charge on any atom is -0.330 e. The maximum absolute atomic E-state index is 12.2. The lowest BCUT2D eigenvalue weighted by Gasteiger charge is -2.31. The van der Waals surface area contributed by atoms with Gasteiger partial charge in [0.15, 0.2) is 0 Å². The van der Waals surface area contributed by atoms with E-state index in [9.17, 15) is 8.42 Å². The second-order valence-corrected chi connectivity index (χ2v) is 7.93. The number of nitrogens with two attached hydrogens (primary N) is 1. The van der Waals surface area contributed by atoms with E-state index in [-0.39, 0.29) is 5.75 Å². The van der Waals surface area contributed by atoms with Gasteiger partial charge >= 0.3 is 0 Å². The SMILES string of the molecule is NCCCCS(=O)(=O)N1CCC(Cc2ccccc2)CC1. The summed E-state index contributed by atoms with van der Waals surface area (Å²) in [7, 11) is -3.07. The van der Waals surface area contributed by atoms with Gasteiger partial charge in [0.2, 0.25) is 10.0 Å². The van der Waals surface area contributed by atoms with E-state index in [4.69, 9.17) is 5.73 Å². The summed E-state index contributed by atoms with van der Waals surface area (Å²) in [4.78, 5) is 0. The van der Waals surface area contributed by atoms with Crippen molar-refractivity contribution in [3.63, 3.8) is 0 Å². The van der Waals surface area contributed by atoms with Gasteiger partial charge in [-0.1, -0.05) is 30.3 Å². The fourth-order valence-electron chi connectivity index (χ4n) is 2.90. The zero-order chi connectivity index (χ0) is 15.1. The molecule has 4 nitrogen and oxygen atoms in total. The summed E-state index contributed by atoms with van der Waals surface area (Å²) in [5, 5.41) is 0. The molecule has 0 saturated carbocycles. The Hall–Kier alpha value is -0.910. The average molecular weight is 310 g/mol. The van der Waals surface area contributed by atoms with Crippen LogP contribution in [0.4, 0.5) is 0 Å². The molecular weight excluding hydrogens is 284 g/mol. The Morgan fingerprint density at radius 1 is 1.10 bits per heavy atom. The van der Waals surface area contributed by atoms with Crippen LogP contribution in [0.1, 0.15) is 31.2 Å². The van der Waals surface area contributed by atoms with Gasteiger partial charge in [0, 0.05) is 13.1 Å². The van der Waals surface area contributed by atoms with Gasteiger partial charge in [-0.15, -0.1) is 0 Å². The Morgan fingerprint density at radius 2 is 1.76 bits per heavy atom. The van der Waals surface area contributed by atoms with Gasteiger partial charge in [0.05, 0.1) is 5.75 Å². The van der Waals surface area contributed by atoms with Gasteiger partial charge in [0.1, 0.15) is 0 Å². The fourth-order valence-corrected chi connectivity index (χ4v) is 4.49. The largest absolute Gasteiger partial charge is 0.330 e. The molecule has 0 radical (unpaired) electrons. The number of benzene rings is 1. The lowest BCUT2D eigenvalue weighted by Crippen LogP contribution is -2.40. The highest BCUT2D eigenvalue weighted by atomic mass is 32.2. The Bertz CT molecular complexity index is 508. The highest BCUT2D eigenvalue weighted by Crippen LogP contribution is 2.23. The van der Waals surface area contributed by atoms with E-state index >= 15 is 0 Å². The monoisotopic (exact) mass is 310 g/mol. The molecule has 1 aliphatic rings. The van der Waals surface area contributed by atoms with Crippen LogP contribution < -0.4 is 5.73 Å². The van der Waals surface area contributed by atoms with E-state index < -0.39 is 10.0 Å². The number of nitrogens with zero attached hydrogens (tertiary/aromatic N) is 1. The molecule has 0 amide bonds. The van der Waals surface area contributed by atoms with E-state index in [1.54, 1.807) is 4.31 Å². The lowest BCUT2D eigenvalue weighted by atomic mass is 9.91. The van der Waals surface area contributed by atoms with Crippen LogP contribution in [0.25, 0.3) is 0 Å². The molecule has 5 heteroatoms. The van der Waals surface area contributed by atoms with Crippen molar-refractivity contribution < 1.29 is 8.42 Å². The van der Waals surface area contributed by atoms with Gasteiger partial charge in [0.25, 0.3) is 0 Å². The van der Waals surface area contributed by atoms with E-state index in [0.29, 0.717) is 32.0 Å². The maximum Gasteiger partial charge on any atom is 0.214 e. The van der Waals surface area contributed by atoms with Crippen LogP contribution in [0.15, 0.2) is 30.3 Å². The second-order valence-electron chi connectivity index (χ2n) is 5.84. The van der Waals surface area contributed by atoms with E-state index in [2.05, 4.69) is 24.3 Å². The predicted molar refractivity (Wildman–Crippen MR) is 86.5 cm³/mol. The molecule has 1 saturated heterocycles. The Balaban J connectivity index is 1.80. The van der Waals surface area contributed by atoms with Crippen LogP contribution >= 0.6 is 0 Å². The molecule has 0 bridgehead atoms. The fraction of sp³-hybridized carbons (Fsp3) is 0.625. The normalized spacial score (nSPS) is 18.0. The number of rotatable bonds is 7. The highest BCUT2D eigenvalue weighted by molar-refractivity contribution is 7.89. The number of sulfonamides is 1. The Kier molecular flexibility index (Phi) is 6.21. The molecule has 0 aromatic heterocycles. The van der Waals surface area contributed by atoms with Gasteiger partial charge < -0.3 is 5.73 Å². The highest BCUT2D eigenvalue weighted by Gasteiger charge is 2.27. The van der Waals surface area contributed by atoms with Crippen LogP contribution in [0, 0.1) is 5.92 Å². The van der Waals surface area contributed by atoms with Crippen molar-refractivity contribution in [2.75, 3.05) is 25.4 Å². The van der Waals surface area contributed by atoms with Crippen LogP contribution in [-0.4, -0.2) is 38.1 Å². The first-order chi connectivity index (χ1) is 10.1. The van der Waals surface area contributed by atoms with Gasteiger partial charge in [-0.05, 0) is 50.1 Å². The molecule has 1 fully saturated rings. The third-order valence-corrected chi connectivity index (χ3v) is 6.15. The standard InChI is InChI=1S/C16H26N2O2S/c17-10-4-5-13-21(19,20)18-11-8-16(9-12-18)14-15-6-2-1-3-7-15/h1-3,6-7,16H,4-5,8-14,17H2. The molecule has 1 heterocycles. The van der Waals surface area contributed by atoms with Gasteiger partial charge in [-0.2, -0.15) is 0 Å². The molecule has 2 rings (SSSR count). The van der Waals surface area contributed by atoms with E-state index in [1.807, 2.05) is 6.07 Å². The third-order valence-electron chi connectivity index (χ3n) is 4.19. The zero-order valence-corrected chi connectivity index (χ0v) is 13.4. The summed E-state index contributed by atoms with van der Waals surface area (Å²) in [6.07, 6.45) is 4.43. The van der Waals surface area contributed by atoms with E-state index in [0.717, 1.165) is 25.7 Å². The Morgan fingerprint density at radius 3 is 2.38 bits per heavy atom. The van der Waals surface area contributed by atoms with Crippen molar-refractivity contribution in [1.82, 2.24) is 4.31 Å². The lowest BCUT2D eigenvalue weighted by molar-refractivity contribution is 0.272. The van der Waals surface area contributed by atoms with Gasteiger partial charge in [-0.3, -0.25) is 0 Å². The summed E-state index contributed by atoms with van der Waals surface area (Å²) >= 11 is 0. The van der Waals surface area contributed by atoms with Gasteiger partial charge in [-0.25, -0.2) is 12.7 Å². The van der Waals surface area contributed by atoms with Crippen molar-refractivity contribution in [1.29, 1.82) is 0 Å². The van der Waals surface area contributed by atoms with Crippen LogP contribution in [0.3, 0.4) is 0 Å². The molecule has 21 heavy (non-hydrogen) atoms. The number of unbranched alkanes of at least 4 members (excludes halogenated alkanes) is 1. The third kappa shape index (κ3) is 5.09. The maximum atomic E-state index is 12.2. The van der Waals surface area contributed by atoms with Crippen molar-refractivity contribution >= 4 is 10.0 Å². The minimum absolute atomic E-state index is 0.244. The van der Waals surface area contributed by atoms with Crippen molar-refractivity contribution in [3.8, 4) is 0 Å². The first-order valence-electron chi connectivity index (χ1n) is 7.83. The molecule has 0 spiro atoms. The smallest absolute Gasteiger partial charge is 0.214 e. The van der Waals surface area contributed by atoms with Crippen LogP contribution in [0.5, 0.6) is 0 Å². The number of hydrogen-bond acceptors (Lipinski definition) is 3. The summed E-state index contributed by atoms with van der Waals surface area (Å²) in [6, 6.07) is 10.4. The van der Waals surface area contributed by atoms with Crippen molar-refractivity contribution in [2.24, 2.45) is 11.7 Å². The molecular formula is C16H26N2O2S. The Labute approximate surface area is 128 Å². The van der Waals surface area contributed by atoms with Crippen molar-refractivity contribution in [2.45, 2.75) is 32.1 Å². The summed E-state index contributed by atoms with van der Waals surface area (Å²) in [5.41, 5.74) is 6.77. The first kappa shape index (κ1) is 16.5. The predicted octanol–water partition coefficient (Wildman–Crippen LogP) is 2.01. The van der Waals surface area contributed by atoms with E-state index in [1.165, 1.54) is 5.56 Å². The molecule has 0 aliphatic carbocycles. The molecule has 2 N–H and O–H groups in total. The summed E-state index contributed by atoms with van der Waals surface area (Å²) in [6.45, 7) is 1.90. The molecule has 118 valence electrons. The second kappa shape index (κ2) is 7.92. The number of piperidine rings is 1. The number of hydrogen-bond donors (Lipinski definition) is 1. The molecule has 1 aromatic carbocycles. The molecule has 0 unspecified atom stereocenters. The quantitative estimate of drug-likeness (QED) is 0.784.